The van der Waals surface area contributed by atoms with Crippen LogP contribution in [-0.4, -0.2) is 46.3 Å². The van der Waals surface area contributed by atoms with Crippen molar-refractivity contribution in [1.29, 1.82) is 0 Å². The minimum Gasteiger partial charge on any atom is -0.395 e. The summed E-state index contributed by atoms with van der Waals surface area (Å²) in [6, 6.07) is 3.22. The molecule has 1 aliphatic heterocycles. The fourth-order valence-electron chi connectivity index (χ4n) is 2.30. The maximum Gasteiger partial charge on any atom is 0.242 e. The molecule has 0 aromatic heterocycles. The van der Waals surface area contributed by atoms with Gasteiger partial charge in [-0.2, -0.15) is 0 Å². The maximum atomic E-state index is 12.2. The van der Waals surface area contributed by atoms with Gasteiger partial charge in [-0.1, -0.05) is 0 Å². The number of carbonyl (C=O) groups is 1. The van der Waals surface area contributed by atoms with Crippen LogP contribution in [0.4, 0.5) is 5.69 Å². The van der Waals surface area contributed by atoms with Crippen LogP contribution >= 0.6 is 0 Å². The SMILES string of the molecule is Cc1cc(N2C(=O)CCS2(=O)=O)ccc1S(=O)(=O)N[C@@H](C)CO. The summed E-state index contributed by atoms with van der Waals surface area (Å²) in [5.74, 6) is -0.785. The molecule has 2 N–H and O–H groups in total. The van der Waals surface area contributed by atoms with Crippen LogP contribution in [0.3, 0.4) is 0 Å². The number of nitrogens with one attached hydrogen (secondary N) is 1. The maximum absolute atomic E-state index is 12.2. The molecule has 128 valence electrons. The Morgan fingerprint density at radius 2 is 2.04 bits per heavy atom. The first-order valence-electron chi connectivity index (χ1n) is 6.88. The van der Waals surface area contributed by atoms with E-state index >= 15 is 0 Å². The first-order valence-corrected chi connectivity index (χ1v) is 9.97. The van der Waals surface area contributed by atoms with Crippen molar-refractivity contribution in [3.63, 3.8) is 0 Å². The summed E-state index contributed by atoms with van der Waals surface area (Å²) in [4.78, 5) is 11.7. The minimum atomic E-state index is -3.85. The Bertz CT molecular complexity index is 832. The zero-order valence-corrected chi connectivity index (χ0v) is 14.3. The van der Waals surface area contributed by atoms with E-state index in [2.05, 4.69) is 4.72 Å². The molecule has 23 heavy (non-hydrogen) atoms. The molecule has 1 aromatic carbocycles. The molecule has 0 radical (unpaired) electrons. The van der Waals surface area contributed by atoms with Gasteiger partial charge >= 0.3 is 0 Å². The molecule has 0 unspecified atom stereocenters. The number of hydrogen-bond acceptors (Lipinski definition) is 6. The van der Waals surface area contributed by atoms with Crippen molar-refractivity contribution < 1.29 is 26.7 Å². The van der Waals surface area contributed by atoms with E-state index in [1.807, 2.05) is 0 Å². The van der Waals surface area contributed by atoms with Gasteiger partial charge in [0.2, 0.25) is 26.0 Å². The van der Waals surface area contributed by atoms with Gasteiger partial charge in [-0.05, 0) is 37.6 Å². The monoisotopic (exact) mass is 362 g/mol. The Morgan fingerprint density at radius 1 is 1.39 bits per heavy atom. The number of aliphatic hydroxyl groups is 1. The highest BCUT2D eigenvalue weighted by Gasteiger charge is 2.36. The van der Waals surface area contributed by atoms with Gasteiger partial charge in [0, 0.05) is 12.5 Å². The average Bonchev–Trinajstić information content (AvgIpc) is 2.71. The summed E-state index contributed by atoms with van der Waals surface area (Å²) in [5, 5.41) is 8.95. The summed E-state index contributed by atoms with van der Waals surface area (Å²) in [5.41, 5.74) is 0.425. The van der Waals surface area contributed by atoms with Crippen molar-refractivity contribution in [1.82, 2.24) is 4.72 Å². The van der Waals surface area contributed by atoms with Crippen LogP contribution in [-0.2, 0) is 24.8 Å². The molecular formula is C13H18N2O6S2. The largest absolute Gasteiger partial charge is 0.395 e. The van der Waals surface area contributed by atoms with Crippen LogP contribution in [0.1, 0.15) is 18.9 Å². The molecule has 0 spiro atoms. The van der Waals surface area contributed by atoms with E-state index < -0.39 is 32.0 Å². The molecule has 1 aliphatic rings. The first-order chi connectivity index (χ1) is 10.6. The Kier molecular flexibility index (Phi) is 4.81. The van der Waals surface area contributed by atoms with Crippen LogP contribution in [0.15, 0.2) is 23.1 Å². The number of amides is 1. The third kappa shape index (κ3) is 3.55. The Labute approximate surface area is 135 Å². The molecular weight excluding hydrogens is 344 g/mol. The van der Waals surface area contributed by atoms with E-state index in [4.69, 9.17) is 5.11 Å². The standard InChI is InChI=1S/C13H18N2O6S2/c1-9-7-11(15-13(17)5-6-22(15,18)19)3-4-12(9)23(20,21)14-10(2)8-16/h3-4,7,10,14,16H,5-6,8H2,1-2H3/t10-/m0/s1. The van der Waals surface area contributed by atoms with Crippen molar-refractivity contribution in [2.75, 3.05) is 16.7 Å². The third-order valence-corrected chi connectivity index (χ3v) is 6.83. The zero-order chi connectivity index (χ0) is 17.4. The molecule has 1 saturated heterocycles. The Balaban J connectivity index is 2.41. The van der Waals surface area contributed by atoms with Gasteiger partial charge in [-0.3, -0.25) is 4.79 Å². The topological polar surface area (TPSA) is 121 Å². The second-order valence-corrected chi connectivity index (χ2v) is 9.00. The van der Waals surface area contributed by atoms with Gasteiger partial charge in [0.05, 0.1) is 22.9 Å². The number of nitrogens with zero attached hydrogens (tertiary/aromatic N) is 1. The average molecular weight is 362 g/mol. The Hall–Kier alpha value is -1.49. The van der Waals surface area contributed by atoms with Crippen LogP contribution in [0.2, 0.25) is 0 Å². The predicted octanol–water partition coefficient (Wildman–Crippen LogP) is -0.279. The second kappa shape index (κ2) is 6.19. The van der Waals surface area contributed by atoms with E-state index in [-0.39, 0.29) is 29.4 Å². The highest BCUT2D eigenvalue weighted by Crippen LogP contribution is 2.28. The normalized spacial score (nSPS) is 19.1. The summed E-state index contributed by atoms with van der Waals surface area (Å²) in [7, 11) is -7.54. The zero-order valence-electron chi connectivity index (χ0n) is 12.7. The molecule has 1 aromatic rings. The lowest BCUT2D eigenvalue weighted by Gasteiger charge is -2.18. The summed E-state index contributed by atoms with van der Waals surface area (Å²) in [6.07, 6.45) is -0.0863. The second-order valence-electron chi connectivity index (χ2n) is 5.38. The lowest BCUT2D eigenvalue weighted by atomic mass is 10.2. The van der Waals surface area contributed by atoms with Crippen molar-refractivity contribution in [2.24, 2.45) is 0 Å². The van der Waals surface area contributed by atoms with Gasteiger partial charge < -0.3 is 5.11 Å². The van der Waals surface area contributed by atoms with Gasteiger partial charge in [0.15, 0.2) is 0 Å². The van der Waals surface area contributed by atoms with Gasteiger partial charge in [0.25, 0.3) is 0 Å². The molecule has 8 nitrogen and oxygen atoms in total. The number of aryl methyl sites for hydroxylation is 1. The molecule has 1 fully saturated rings. The first kappa shape index (κ1) is 17.9. The fourth-order valence-corrected chi connectivity index (χ4v) is 5.21. The Morgan fingerprint density at radius 3 is 2.52 bits per heavy atom. The van der Waals surface area contributed by atoms with Crippen LogP contribution in [0.25, 0.3) is 0 Å². The van der Waals surface area contributed by atoms with Gasteiger partial charge in [0.1, 0.15) is 0 Å². The number of carbonyl (C=O) groups excluding carboxylic acids is 1. The minimum absolute atomic E-state index is 0.0365. The molecule has 0 aliphatic carbocycles. The molecule has 1 atom stereocenters. The summed E-state index contributed by atoms with van der Waals surface area (Å²) < 4.78 is 51.3. The van der Waals surface area contributed by atoms with E-state index in [1.54, 1.807) is 0 Å². The number of hydrogen-bond donors (Lipinski definition) is 2. The van der Waals surface area contributed by atoms with Crippen LogP contribution < -0.4 is 9.03 Å². The smallest absolute Gasteiger partial charge is 0.242 e. The van der Waals surface area contributed by atoms with Crippen LogP contribution in [0, 0.1) is 6.92 Å². The predicted molar refractivity (Wildman–Crippen MR) is 83.9 cm³/mol. The lowest BCUT2D eigenvalue weighted by Crippen LogP contribution is -2.35. The van der Waals surface area contributed by atoms with E-state index in [0.29, 0.717) is 9.87 Å². The molecule has 2 rings (SSSR count). The lowest BCUT2D eigenvalue weighted by molar-refractivity contribution is -0.116. The summed E-state index contributed by atoms with van der Waals surface area (Å²) in [6.45, 7) is 2.67. The highest BCUT2D eigenvalue weighted by molar-refractivity contribution is 7.94. The molecule has 10 heteroatoms. The third-order valence-electron chi connectivity index (χ3n) is 3.39. The molecule has 1 amide bonds. The van der Waals surface area contributed by atoms with E-state index in [0.717, 1.165) is 0 Å². The van der Waals surface area contributed by atoms with Crippen molar-refractivity contribution in [3.05, 3.63) is 23.8 Å². The van der Waals surface area contributed by atoms with E-state index in [1.165, 1.54) is 32.0 Å². The van der Waals surface area contributed by atoms with Crippen LogP contribution in [0.5, 0.6) is 0 Å². The van der Waals surface area contributed by atoms with E-state index in [9.17, 15) is 21.6 Å². The molecule has 0 saturated carbocycles. The quantitative estimate of drug-likeness (QED) is 0.743. The molecule has 1 heterocycles. The number of sulfonamides is 2. The molecule has 0 bridgehead atoms. The van der Waals surface area contributed by atoms with Gasteiger partial charge in [-0.15, -0.1) is 0 Å². The van der Waals surface area contributed by atoms with Crippen molar-refractivity contribution >= 4 is 31.6 Å². The number of aliphatic hydroxyl groups excluding tert-OH is 1. The van der Waals surface area contributed by atoms with Crippen molar-refractivity contribution in [3.8, 4) is 0 Å². The fraction of sp³-hybridized carbons (Fsp3) is 0.462. The van der Waals surface area contributed by atoms with Crippen molar-refractivity contribution in [2.45, 2.75) is 31.2 Å². The number of benzene rings is 1. The number of rotatable bonds is 5. The number of anilines is 1. The van der Waals surface area contributed by atoms with Gasteiger partial charge in [-0.25, -0.2) is 25.9 Å². The highest BCUT2D eigenvalue weighted by atomic mass is 32.2. The summed E-state index contributed by atoms with van der Waals surface area (Å²) >= 11 is 0.